The lowest BCUT2D eigenvalue weighted by Crippen LogP contribution is -2.34. The number of nitrogens with zero attached hydrogens (tertiary/aromatic N) is 1. The molecule has 1 saturated heterocycles. The number of hydrogen-bond donors (Lipinski definition) is 1. The third kappa shape index (κ3) is 5.84. The largest absolute Gasteiger partial charge is 0.496 e. The number of alkyl halides is 6. The van der Waals surface area contributed by atoms with E-state index in [0.717, 1.165) is 24.0 Å². The summed E-state index contributed by atoms with van der Waals surface area (Å²) in [6, 6.07) is 4.71. The van der Waals surface area contributed by atoms with Gasteiger partial charge in [0.05, 0.1) is 29.8 Å². The molecule has 0 bridgehead atoms. The van der Waals surface area contributed by atoms with Gasteiger partial charge in [-0.25, -0.2) is 9.59 Å². The van der Waals surface area contributed by atoms with Gasteiger partial charge in [0.2, 0.25) is 0 Å². The van der Waals surface area contributed by atoms with Crippen LogP contribution in [0.5, 0.6) is 5.75 Å². The van der Waals surface area contributed by atoms with Gasteiger partial charge < -0.3 is 14.6 Å². The molecule has 39 heavy (non-hydrogen) atoms. The molecule has 0 spiro atoms. The standard InChI is InChI=1S/C27H25F6NO5/c1-14-23(17-9-18(26(28,29)30)12-19(10-17)27(31,32)33)39-25(37)34(14)13-16-5-3-4-6-20(16)21-11-15(24(35)36)7-8-22(21)38-2/h7-12,14,23H,3-6,13H2,1-2H3,(H,35,36)/t14-,23-/m0/s1. The monoisotopic (exact) mass is 557 g/mol. The Morgan fingerprint density at radius 1 is 1.03 bits per heavy atom. The van der Waals surface area contributed by atoms with Gasteiger partial charge in [-0.15, -0.1) is 0 Å². The highest BCUT2D eigenvalue weighted by Gasteiger charge is 2.43. The number of ether oxygens (including phenoxy) is 2. The van der Waals surface area contributed by atoms with Crippen LogP contribution in [0.25, 0.3) is 5.57 Å². The Kier molecular flexibility index (Phi) is 7.59. The summed E-state index contributed by atoms with van der Waals surface area (Å²) in [5.41, 5.74) is -1.23. The lowest BCUT2D eigenvalue weighted by molar-refractivity contribution is -0.143. The molecule has 1 N–H and O–H groups in total. The van der Waals surface area contributed by atoms with E-state index in [2.05, 4.69) is 0 Å². The molecule has 210 valence electrons. The first-order valence-electron chi connectivity index (χ1n) is 12.1. The average Bonchev–Trinajstić information content (AvgIpc) is 3.15. The number of carbonyl (C=O) groups excluding carboxylic acids is 1. The van der Waals surface area contributed by atoms with Gasteiger partial charge in [-0.3, -0.25) is 4.90 Å². The highest BCUT2D eigenvalue weighted by atomic mass is 19.4. The van der Waals surface area contributed by atoms with Crippen LogP contribution < -0.4 is 4.74 Å². The van der Waals surface area contributed by atoms with Crippen molar-refractivity contribution in [2.24, 2.45) is 0 Å². The van der Waals surface area contributed by atoms with Crippen molar-refractivity contribution in [3.05, 3.63) is 69.8 Å². The number of halogens is 6. The Morgan fingerprint density at radius 3 is 2.21 bits per heavy atom. The molecule has 1 aliphatic heterocycles. The minimum absolute atomic E-state index is 0.0113. The summed E-state index contributed by atoms with van der Waals surface area (Å²) < 4.78 is 91.1. The maximum Gasteiger partial charge on any atom is 0.416 e. The Morgan fingerprint density at radius 2 is 1.64 bits per heavy atom. The van der Waals surface area contributed by atoms with Crippen molar-refractivity contribution < 1.29 is 50.5 Å². The highest BCUT2D eigenvalue weighted by Crippen LogP contribution is 2.42. The Hall–Kier alpha value is -3.70. The molecule has 12 heteroatoms. The van der Waals surface area contributed by atoms with Crippen LogP contribution >= 0.6 is 0 Å². The summed E-state index contributed by atoms with van der Waals surface area (Å²) in [5, 5.41) is 9.45. The van der Waals surface area contributed by atoms with Crippen LogP contribution in [0.3, 0.4) is 0 Å². The van der Waals surface area contributed by atoms with Gasteiger partial charge in [-0.1, -0.05) is 0 Å². The van der Waals surface area contributed by atoms with E-state index in [1.54, 1.807) is 0 Å². The van der Waals surface area contributed by atoms with Gasteiger partial charge in [0.25, 0.3) is 0 Å². The fourth-order valence-corrected chi connectivity index (χ4v) is 5.05. The number of allylic oxidation sites excluding steroid dienone is 1. The number of cyclic esters (lactones) is 1. The van der Waals surface area contributed by atoms with E-state index in [1.165, 1.54) is 37.1 Å². The number of amides is 1. The van der Waals surface area contributed by atoms with Crippen molar-refractivity contribution in [2.75, 3.05) is 13.7 Å². The average molecular weight is 557 g/mol. The quantitative estimate of drug-likeness (QED) is 0.376. The van der Waals surface area contributed by atoms with Gasteiger partial charge >= 0.3 is 24.4 Å². The summed E-state index contributed by atoms with van der Waals surface area (Å²) in [5.74, 6) is -0.691. The van der Waals surface area contributed by atoms with Crippen LogP contribution in [0.2, 0.25) is 0 Å². The molecular formula is C27H25F6NO5. The first-order valence-corrected chi connectivity index (χ1v) is 12.1. The molecule has 2 aromatic carbocycles. The molecule has 1 amide bonds. The van der Waals surface area contributed by atoms with Gasteiger partial charge in [0, 0.05) is 12.1 Å². The summed E-state index contributed by atoms with van der Waals surface area (Å²) in [6.45, 7) is 1.51. The van der Waals surface area contributed by atoms with Crippen LogP contribution in [0.1, 0.15) is 71.3 Å². The fraction of sp³-hybridized carbons (Fsp3) is 0.407. The number of carboxylic acid groups (broad SMARTS) is 1. The van der Waals surface area contributed by atoms with E-state index in [9.17, 15) is 41.0 Å². The summed E-state index contributed by atoms with van der Waals surface area (Å²) >= 11 is 0. The second kappa shape index (κ2) is 10.5. The molecule has 0 aromatic heterocycles. The molecule has 1 aliphatic carbocycles. The molecule has 0 radical (unpaired) electrons. The van der Waals surface area contributed by atoms with Crippen molar-refractivity contribution in [3.8, 4) is 5.75 Å². The summed E-state index contributed by atoms with van der Waals surface area (Å²) in [6.07, 6.45) is -9.60. The number of aromatic carboxylic acids is 1. The highest BCUT2D eigenvalue weighted by molar-refractivity contribution is 5.90. The first-order chi connectivity index (χ1) is 18.2. The molecule has 0 saturated carbocycles. The number of carbonyl (C=O) groups is 2. The Labute approximate surface area is 219 Å². The third-order valence-corrected chi connectivity index (χ3v) is 7.05. The maximum absolute atomic E-state index is 13.4. The van der Waals surface area contributed by atoms with E-state index in [1.807, 2.05) is 0 Å². The molecule has 2 aliphatic rings. The maximum atomic E-state index is 13.4. The lowest BCUT2D eigenvalue weighted by Gasteiger charge is -2.28. The number of rotatable bonds is 6. The predicted molar refractivity (Wildman–Crippen MR) is 127 cm³/mol. The zero-order valence-electron chi connectivity index (χ0n) is 20.9. The van der Waals surface area contributed by atoms with Crippen molar-refractivity contribution in [1.29, 1.82) is 0 Å². The van der Waals surface area contributed by atoms with Crippen LogP contribution in [0, 0.1) is 0 Å². The van der Waals surface area contributed by atoms with Gasteiger partial charge in [0.15, 0.2) is 0 Å². The van der Waals surface area contributed by atoms with Gasteiger partial charge in [0.1, 0.15) is 11.9 Å². The zero-order chi connectivity index (χ0) is 28.7. The number of carboxylic acids is 1. The van der Waals surface area contributed by atoms with E-state index in [-0.39, 0.29) is 18.2 Å². The number of hydrogen-bond acceptors (Lipinski definition) is 4. The SMILES string of the molecule is COc1ccc(C(=O)O)cc1C1=C(CN2C(=O)O[C@H](c3cc(C(F)(F)F)cc(C(F)(F)F)c3)[C@@H]2C)CCCC1. The van der Waals surface area contributed by atoms with E-state index in [0.29, 0.717) is 36.3 Å². The predicted octanol–water partition coefficient (Wildman–Crippen LogP) is 7.34. The number of methoxy groups -OCH3 is 1. The third-order valence-electron chi connectivity index (χ3n) is 7.05. The van der Waals surface area contributed by atoms with E-state index < -0.39 is 53.3 Å². The first kappa shape index (κ1) is 28.3. The lowest BCUT2D eigenvalue weighted by atomic mass is 9.85. The molecule has 2 atom stereocenters. The normalized spacial score (nSPS) is 20.3. The smallest absolute Gasteiger partial charge is 0.416 e. The molecule has 6 nitrogen and oxygen atoms in total. The topological polar surface area (TPSA) is 76.1 Å². The molecule has 1 fully saturated rings. The van der Waals surface area contributed by atoms with Crippen molar-refractivity contribution in [1.82, 2.24) is 4.90 Å². The van der Waals surface area contributed by atoms with Crippen LogP contribution in [0.15, 0.2) is 42.0 Å². The summed E-state index contributed by atoms with van der Waals surface area (Å²) in [4.78, 5) is 25.7. The Bertz CT molecular complexity index is 1280. The van der Waals surface area contributed by atoms with Crippen molar-refractivity contribution >= 4 is 17.6 Å². The van der Waals surface area contributed by atoms with Crippen LogP contribution in [-0.2, 0) is 17.1 Å². The second-order valence-corrected chi connectivity index (χ2v) is 9.52. The second-order valence-electron chi connectivity index (χ2n) is 9.52. The van der Waals surface area contributed by atoms with Gasteiger partial charge in [-0.2, -0.15) is 26.3 Å². The zero-order valence-corrected chi connectivity index (χ0v) is 20.9. The van der Waals surface area contributed by atoms with Crippen LogP contribution in [-0.4, -0.2) is 41.8 Å². The summed E-state index contributed by atoms with van der Waals surface area (Å²) in [7, 11) is 1.44. The van der Waals surface area contributed by atoms with Crippen LogP contribution in [0.4, 0.5) is 31.1 Å². The molecule has 1 heterocycles. The molecule has 2 aromatic rings. The molecular weight excluding hydrogens is 532 g/mol. The minimum atomic E-state index is -5.03. The minimum Gasteiger partial charge on any atom is -0.496 e. The van der Waals surface area contributed by atoms with Gasteiger partial charge in [-0.05, 0) is 85.7 Å². The fourth-order valence-electron chi connectivity index (χ4n) is 5.05. The van der Waals surface area contributed by atoms with Crippen molar-refractivity contribution in [2.45, 2.75) is 57.1 Å². The molecule has 4 rings (SSSR count). The van der Waals surface area contributed by atoms with Crippen molar-refractivity contribution in [3.63, 3.8) is 0 Å². The molecule has 0 unspecified atom stereocenters. The van der Waals surface area contributed by atoms with E-state index in [4.69, 9.17) is 9.47 Å². The van der Waals surface area contributed by atoms with E-state index >= 15 is 0 Å². The Balaban J connectivity index is 1.70. The number of benzene rings is 2.